The molecule has 0 atom stereocenters. The molecule has 2 rings (SSSR count). The average Bonchev–Trinajstić information content (AvgIpc) is 2.51. The maximum atomic E-state index is 12.1. The van der Waals surface area contributed by atoms with Crippen LogP contribution in [0.3, 0.4) is 0 Å². The van der Waals surface area contributed by atoms with E-state index in [1.54, 1.807) is 37.4 Å². The van der Waals surface area contributed by atoms with Crippen molar-refractivity contribution in [1.29, 1.82) is 0 Å². The molecule has 0 heterocycles. The molecule has 0 aliphatic carbocycles. The van der Waals surface area contributed by atoms with Gasteiger partial charge in [0.05, 0.1) is 12.2 Å². The van der Waals surface area contributed by atoms with Gasteiger partial charge >= 0.3 is 5.97 Å². The van der Waals surface area contributed by atoms with E-state index < -0.39 is 5.97 Å². The normalized spacial score (nSPS) is 10.3. The Kier molecular flexibility index (Phi) is 5.98. The van der Waals surface area contributed by atoms with Gasteiger partial charge in [-0.3, -0.25) is 0 Å². The van der Waals surface area contributed by atoms with Crippen LogP contribution in [0.25, 0.3) is 0 Å². The maximum Gasteiger partial charge on any atom is 0.343 e. The van der Waals surface area contributed by atoms with E-state index >= 15 is 0 Å². The van der Waals surface area contributed by atoms with Crippen LogP contribution < -0.4 is 9.47 Å². The van der Waals surface area contributed by atoms with Gasteiger partial charge in [-0.2, -0.15) is 0 Å². The highest BCUT2D eigenvalue weighted by atomic mass is 79.9. The number of methoxy groups -OCH3 is 1. The molecule has 0 spiro atoms. The molecule has 0 fully saturated rings. The minimum atomic E-state index is -0.395. The van der Waals surface area contributed by atoms with Crippen LogP contribution in [0.5, 0.6) is 11.5 Å². The standard InChI is InChI=1S/C17H17BrO4/c1-12-11-14(18)5-8-16(12)22-17(19)13-3-6-15(7-4-13)21-10-9-20-2/h3-8,11H,9-10H2,1-2H3. The van der Waals surface area contributed by atoms with E-state index in [1.165, 1.54) is 0 Å². The fourth-order valence-electron chi connectivity index (χ4n) is 1.82. The Bertz CT molecular complexity index is 638. The Labute approximate surface area is 138 Å². The summed E-state index contributed by atoms with van der Waals surface area (Å²) in [6.45, 7) is 2.88. The van der Waals surface area contributed by atoms with Crippen LogP contribution >= 0.6 is 15.9 Å². The second-order valence-electron chi connectivity index (χ2n) is 4.66. The van der Waals surface area contributed by atoms with E-state index in [-0.39, 0.29) is 0 Å². The lowest BCUT2D eigenvalue weighted by Gasteiger charge is -2.09. The fourth-order valence-corrected chi connectivity index (χ4v) is 2.29. The SMILES string of the molecule is COCCOc1ccc(C(=O)Oc2ccc(Br)cc2C)cc1. The Morgan fingerprint density at radius 1 is 1.09 bits per heavy atom. The summed E-state index contributed by atoms with van der Waals surface area (Å²) in [6.07, 6.45) is 0. The minimum Gasteiger partial charge on any atom is -0.491 e. The predicted molar refractivity (Wildman–Crippen MR) is 87.7 cm³/mol. The highest BCUT2D eigenvalue weighted by molar-refractivity contribution is 9.10. The molecule has 5 heteroatoms. The number of rotatable bonds is 6. The number of ether oxygens (including phenoxy) is 3. The summed E-state index contributed by atoms with van der Waals surface area (Å²) >= 11 is 3.38. The van der Waals surface area contributed by atoms with Crippen LogP contribution in [0.1, 0.15) is 15.9 Å². The van der Waals surface area contributed by atoms with Crippen molar-refractivity contribution in [2.45, 2.75) is 6.92 Å². The van der Waals surface area contributed by atoms with Gasteiger partial charge in [-0.25, -0.2) is 4.79 Å². The molecule has 0 N–H and O–H groups in total. The summed E-state index contributed by atoms with van der Waals surface area (Å²) in [5, 5.41) is 0. The van der Waals surface area contributed by atoms with Crippen LogP contribution in [0, 0.1) is 6.92 Å². The number of benzene rings is 2. The Balaban J connectivity index is 2.00. The first-order chi connectivity index (χ1) is 10.6. The fraction of sp³-hybridized carbons (Fsp3) is 0.235. The zero-order chi connectivity index (χ0) is 15.9. The zero-order valence-corrected chi connectivity index (χ0v) is 14.1. The number of hydrogen-bond donors (Lipinski definition) is 0. The molecule has 0 aliphatic rings. The molecule has 0 aromatic heterocycles. The summed E-state index contributed by atoms with van der Waals surface area (Å²) in [7, 11) is 1.62. The molecule has 0 bridgehead atoms. The predicted octanol–water partition coefficient (Wildman–Crippen LogP) is 4.00. The van der Waals surface area contributed by atoms with Gasteiger partial charge in [-0.05, 0) is 55.0 Å². The van der Waals surface area contributed by atoms with Crippen molar-refractivity contribution in [3.05, 3.63) is 58.1 Å². The van der Waals surface area contributed by atoms with Gasteiger partial charge in [-0.15, -0.1) is 0 Å². The first kappa shape index (κ1) is 16.5. The molecule has 0 aliphatic heterocycles. The van der Waals surface area contributed by atoms with Crippen LogP contribution in [-0.4, -0.2) is 26.3 Å². The number of aryl methyl sites for hydroxylation is 1. The highest BCUT2D eigenvalue weighted by Crippen LogP contribution is 2.23. The van der Waals surface area contributed by atoms with Crippen molar-refractivity contribution in [3.63, 3.8) is 0 Å². The van der Waals surface area contributed by atoms with E-state index in [1.807, 2.05) is 19.1 Å². The van der Waals surface area contributed by atoms with E-state index in [0.717, 1.165) is 10.0 Å². The highest BCUT2D eigenvalue weighted by Gasteiger charge is 2.10. The Morgan fingerprint density at radius 3 is 2.45 bits per heavy atom. The lowest BCUT2D eigenvalue weighted by atomic mass is 10.2. The first-order valence-electron chi connectivity index (χ1n) is 6.80. The molecule has 2 aromatic rings. The summed E-state index contributed by atoms with van der Waals surface area (Å²) < 4.78 is 16.7. The minimum absolute atomic E-state index is 0.395. The zero-order valence-electron chi connectivity index (χ0n) is 12.5. The molecule has 0 saturated carbocycles. The second kappa shape index (κ2) is 7.96. The smallest absolute Gasteiger partial charge is 0.343 e. The molecule has 0 unspecified atom stereocenters. The van der Waals surface area contributed by atoms with Gasteiger partial charge in [0.15, 0.2) is 0 Å². The molecule has 22 heavy (non-hydrogen) atoms. The maximum absolute atomic E-state index is 12.1. The third kappa shape index (κ3) is 4.58. The van der Waals surface area contributed by atoms with Gasteiger partial charge in [0.1, 0.15) is 18.1 Å². The lowest BCUT2D eigenvalue weighted by molar-refractivity contribution is 0.0733. The van der Waals surface area contributed by atoms with E-state index in [9.17, 15) is 4.79 Å². The van der Waals surface area contributed by atoms with Crippen molar-refractivity contribution in [3.8, 4) is 11.5 Å². The van der Waals surface area contributed by atoms with Crippen LogP contribution in [0.2, 0.25) is 0 Å². The van der Waals surface area contributed by atoms with Gasteiger partial charge in [0.25, 0.3) is 0 Å². The lowest BCUT2D eigenvalue weighted by Crippen LogP contribution is -2.09. The summed E-state index contributed by atoms with van der Waals surface area (Å²) in [5.41, 5.74) is 1.36. The molecule has 0 amide bonds. The number of hydrogen-bond acceptors (Lipinski definition) is 4. The monoisotopic (exact) mass is 364 g/mol. The molecule has 0 saturated heterocycles. The summed E-state index contributed by atoms with van der Waals surface area (Å²) in [6, 6.07) is 12.3. The Hall–Kier alpha value is -1.85. The summed E-state index contributed by atoms with van der Waals surface area (Å²) in [5.74, 6) is 0.843. The van der Waals surface area contributed by atoms with Crippen LogP contribution in [0.15, 0.2) is 46.9 Å². The van der Waals surface area contributed by atoms with Gasteiger partial charge in [0.2, 0.25) is 0 Å². The molecule has 2 aromatic carbocycles. The third-order valence-electron chi connectivity index (χ3n) is 2.99. The second-order valence-corrected chi connectivity index (χ2v) is 5.58. The van der Waals surface area contributed by atoms with Crippen molar-refractivity contribution < 1.29 is 19.0 Å². The topological polar surface area (TPSA) is 44.8 Å². The van der Waals surface area contributed by atoms with Gasteiger partial charge in [-0.1, -0.05) is 15.9 Å². The van der Waals surface area contributed by atoms with Crippen molar-refractivity contribution in [1.82, 2.24) is 0 Å². The third-order valence-corrected chi connectivity index (χ3v) is 3.48. The molecule has 116 valence electrons. The number of carbonyl (C=O) groups excluding carboxylic acids is 1. The number of carbonyl (C=O) groups is 1. The van der Waals surface area contributed by atoms with Crippen molar-refractivity contribution in [2.75, 3.05) is 20.3 Å². The van der Waals surface area contributed by atoms with E-state index in [4.69, 9.17) is 14.2 Å². The summed E-state index contributed by atoms with van der Waals surface area (Å²) in [4.78, 5) is 12.1. The molecule has 0 radical (unpaired) electrons. The van der Waals surface area contributed by atoms with E-state index in [2.05, 4.69) is 15.9 Å². The quantitative estimate of drug-likeness (QED) is 0.441. The molecule has 4 nitrogen and oxygen atoms in total. The average molecular weight is 365 g/mol. The van der Waals surface area contributed by atoms with Crippen molar-refractivity contribution in [2.24, 2.45) is 0 Å². The number of halogens is 1. The van der Waals surface area contributed by atoms with Gasteiger partial charge in [0, 0.05) is 11.6 Å². The van der Waals surface area contributed by atoms with Crippen molar-refractivity contribution >= 4 is 21.9 Å². The Morgan fingerprint density at radius 2 is 1.82 bits per heavy atom. The molecular formula is C17H17BrO4. The van der Waals surface area contributed by atoms with Gasteiger partial charge < -0.3 is 14.2 Å². The largest absolute Gasteiger partial charge is 0.491 e. The number of esters is 1. The van der Waals surface area contributed by atoms with Crippen LogP contribution in [0.4, 0.5) is 0 Å². The molecular weight excluding hydrogens is 348 g/mol. The first-order valence-corrected chi connectivity index (χ1v) is 7.59. The van der Waals surface area contributed by atoms with Crippen LogP contribution in [-0.2, 0) is 4.74 Å². The van der Waals surface area contributed by atoms with E-state index in [0.29, 0.717) is 30.3 Å².